The van der Waals surface area contributed by atoms with E-state index in [0.717, 1.165) is 22.9 Å². The number of hydrogen-bond acceptors (Lipinski definition) is 5. The number of anilines is 1. The maximum Gasteiger partial charge on any atom is 0.239 e. The molecule has 3 rings (SSSR count). The van der Waals surface area contributed by atoms with Crippen molar-refractivity contribution in [2.75, 3.05) is 18.0 Å². The van der Waals surface area contributed by atoms with Crippen molar-refractivity contribution in [2.24, 2.45) is 0 Å². The highest BCUT2D eigenvalue weighted by molar-refractivity contribution is 7.09. The Labute approximate surface area is 164 Å². The van der Waals surface area contributed by atoms with Gasteiger partial charge < -0.3 is 10.2 Å². The van der Waals surface area contributed by atoms with Crippen LogP contribution in [-0.4, -0.2) is 28.4 Å². The predicted molar refractivity (Wildman–Crippen MR) is 110 cm³/mol. The van der Waals surface area contributed by atoms with E-state index in [0.29, 0.717) is 19.5 Å². The molecule has 2 aromatic carbocycles. The Hall–Kier alpha value is -2.73. The minimum absolute atomic E-state index is 0.00703. The molecule has 5 nitrogen and oxygen atoms in total. The van der Waals surface area contributed by atoms with Crippen LogP contribution in [0.3, 0.4) is 0 Å². The smallest absolute Gasteiger partial charge is 0.239 e. The Kier molecular flexibility index (Phi) is 6.93. The van der Waals surface area contributed by atoms with Crippen molar-refractivity contribution in [1.82, 2.24) is 14.7 Å². The average Bonchev–Trinajstić information content (AvgIpc) is 3.16. The number of hydrogen-bond donors (Lipinski definition) is 1. The van der Waals surface area contributed by atoms with Crippen LogP contribution in [0.1, 0.15) is 30.3 Å². The summed E-state index contributed by atoms with van der Waals surface area (Å²) in [5.41, 5.74) is 2.32. The van der Waals surface area contributed by atoms with E-state index >= 15 is 0 Å². The summed E-state index contributed by atoms with van der Waals surface area (Å²) in [6.45, 7) is 3.63. The fourth-order valence-electron chi connectivity index (χ4n) is 2.71. The molecule has 140 valence electrons. The van der Waals surface area contributed by atoms with Gasteiger partial charge in [0.05, 0.1) is 6.54 Å². The zero-order valence-corrected chi connectivity index (χ0v) is 16.3. The summed E-state index contributed by atoms with van der Waals surface area (Å²) < 4.78 is 4.50. The van der Waals surface area contributed by atoms with Crippen LogP contribution < -0.4 is 10.2 Å². The summed E-state index contributed by atoms with van der Waals surface area (Å²) in [6, 6.07) is 20.3. The minimum atomic E-state index is 0.00703. The van der Waals surface area contributed by atoms with Gasteiger partial charge in [-0.1, -0.05) is 67.6 Å². The minimum Gasteiger partial charge on any atom is -0.355 e. The first-order chi connectivity index (χ1) is 13.2. The third kappa shape index (κ3) is 5.89. The molecule has 1 heterocycles. The molecule has 0 aliphatic rings. The van der Waals surface area contributed by atoms with Gasteiger partial charge in [0.1, 0.15) is 5.82 Å². The van der Waals surface area contributed by atoms with Crippen LogP contribution in [0, 0.1) is 0 Å². The fraction of sp³-hybridized carbons (Fsp3) is 0.286. The molecule has 0 atom stereocenters. The second kappa shape index (κ2) is 9.83. The Balaban J connectivity index is 1.74. The van der Waals surface area contributed by atoms with Crippen LogP contribution in [0.15, 0.2) is 60.7 Å². The molecule has 0 saturated heterocycles. The van der Waals surface area contributed by atoms with Crippen molar-refractivity contribution in [3.05, 3.63) is 77.6 Å². The Morgan fingerprint density at radius 1 is 1.04 bits per heavy atom. The average molecular weight is 381 g/mol. The molecular formula is C21H24N4OS. The molecular weight excluding hydrogens is 356 g/mol. The number of rotatable bonds is 9. The van der Waals surface area contributed by atoms with Crippen LogP contribution in [0.5, 0.6) is 0 Å². The van der Waals surface area contributed by atoms with Gasteiger partial charge in [0.15, 0.2) is 0 Å². The zero-order chi connectivity index (χ0) is 18.9. The first kappa shape index (κ1) is 19.0. The lowest BCUT2D eigenvalue weighted by Gasteiger charge is -2.21. The van der Waals surface area contributed by atoms with E-state index in [1.807, 2.05) is 48.2 Å². The van der Waals surface area contributed by atoms with Gasteiger partial charge in [0.25, 0.3) is 0 Å². The molecule has 1 aromatic heterocycles. The molecule has 1 amide bonds. The molecule has 0 saturated carbocycles. The highest BCUT2D eigenvalue weighted by Crippen LogP contribution is 2.21. The van der Waals surface area contributed by atoms with Crippen molar-refractivity contribution >= 4 is 22.6 Å². The highest BCUT2D eigenvalue weighted by atomic mass is 32.1. The molecule has 3 aromatic rings. The summed E-state index contributed by atoms with van der Waals surface area (Å²) in [6.07, 6.45) is 1.61. The van der Waals surface area contributed by atoms with Gasteiger partial charge in [-0.3, -0.25) is 4.79 Å². The molecule has 0 spiro atoms. The molecule has 6 heteroatoms. The van der Waals surface area contributed by atoms with E-state index in [1.165, 1.54) is 17.1 Å². The van der Waals surface area contributed by atoms with Gasteiger partial charge in [0, 0.05) is 31.0 Å². The number of nitrogens with one attached hydrogen (secondary N) is 1. The lowest BCUT2D eigenvalue weighted by atomic mass is 10.1. The SMILES string of the molecule is CCCNC(=O)CN(Cc1ccccc1)c1nc(Cc2ccccc2)ns1. The lowest BCUT2D eigenvalue weighted by molar-refractivity contribution is -0.119. The molecule has 0 bridgehead atoms. The van der Waals surface area contributed by atoms with Gasteiger partial charge in [-0.25, -0.2) is 4.98 Å². The monoisotopic (exact) mass is 380 g/mol. The lowest BCUT2D eigenvalue weighted by Crippen LogP contribution is -2.37. The molecule has 0 fully saturated rings. The van der Waals surface area contributed by atoms with Crippen molar-refractivity contribution in [1.29, 1.82) is 0 Å². The molecule has 27 heavy (non-hydrogen) atoms. The molecule has 0 radical (unpaired) electrons. The van der Waals surface area contributed by atoms with Crippen LogP contribution in [0.4, 0.5) is 5.13 Å². The third-order valence-corrected chi connectivity index (χ3v) is 4.87. The molecule has 0 aliphatic heterocycles. The highest BCUT2D eigenvalue weighted by Gasteiger charge is 2.17. The number of nitrogens with zero attached hydrogens (tertiary/aromatic N) is 3. The van der Waals surface area contributed by atoms with E-state index in [-0.39, 0.29) is 12.5 Å². The number of carbonyl (C=O) groups excluding carboxylic acids is 1. The normalized spacial score (nSPS) is 10.6. The summed E-state index contributed by atoms with van der Waals surface area (Å²) >= 11 is 1.35. The fourth-order valence-corrected chi connectivity index (χ4v) is 3.40. The quantitative estimate of drug-likeness (QED) is 0.615. The van der Waals surface area contributed by atoms with Gasteiger partial charge in [-0.2, -0.15) is 4.37 Å². The third-order valence-electron chi connectivity index (χ3n) is 4.06. The van der Waals surface area contributed by atoms with E-state index < -0.39 is 0 Å². The number of aromatic nitrogens is 2. The van der Waals surface area contributed by atoms with Crippen molar-refractivity contribution in [3.63, 3.8) is 0 Å². The number of carbonyl (C=O) groups is 1. The first-order valence-corrected chi connectivity index (χ1v) is 9.94. The van der Waals surface area contributed by atoms with E-state index in [2.05, 4.69) is 38.9 Å². The topological polar surface area (TPSA) is 58.1 Å². The summed E-state index contributed by atoms with van der Waals surface area (Å²) in [5, 5.41) is 3.72. The van der Waals surface area contributed by atoms with Crippen LogP contribution in [-0.2, 0) is 17.8 Å². The molecule has 0 unspecified atom stereocenters. The predicted octanol–water partition coefficient (Wildman–Crippen LogP) is 3.66. The number of amides is 1. The Morgan fingerprint density at radius 3 is 2.37 bits per heavy atom. The van der Waals surface area contributed by atoms with Crippen LogP contribution >= 0.6 is 11.5 Å². The van der Waals surface area contributed by atoms with Gasteiger partial charge in [-0.15, -0.1) is 0 Å². The summed E-state index contributed by atoms with van der Waals surface area (Å²) in [4.78, 5) is 19.0. The van der Waals surface area contributed by atoms with Crippen LogP contribution in [0.25, 0.3) is 0 Å². The molecule has 0 aliphatic carbocycles. The second-order valence-corrected chi connectivity index (χ2v) is 7.08. The van der Waals surface area contributed by atoms with Gasteiger partial charge in [-0.05, 0) is 17.5 Å². The van der Waals surface area contributed by atoms with E-state index in [1.54, 1.807) is 0 Å². The van der Waals surface area contributed by atoms with Crippen molar-refractivity contribution in [3.8, 4) is 0 Å². The van der Waals surface area contributed by atoms with Crippen molar-refractivity contribution < 1.29 is 4.79 Å². The summed E-state index contributed by atoms with van der Waals surface area (Å²) in [7, 11) is 0. The zero-order valence-electron chi connectivity index (χ0n) is 15.5. The maximum atomic E-state index is 12.3. The Morgan fingerprint density at radius 2 is 1.70 bits per heavy atom. The number of benzene rings is 2. The van der Waals surface area contributed by atoms with Gasteiger partial charge in [0.2, 0.25) is 11.0 Å². The van der Waals surface area contributed by atoms with Crippen LogP contribution in [0.2, 0.25) is 0 Å². The van der Waals surface area contributed by atoms with Gasteiger partial charge >= 0.3 is 0 Å². The van der Waals surface area contributed by atoms with Crippen molar-refractivity contribution in [2.45, 2.75) is 26.3 Å². The van der Waals surface area contributed by atoms with E-state index in [4.69, 9.17) is 0 Å². The standard InChI is InChI=1S/C21H24N4OS/c1-2-13-22-20(26)16-25(15-18-11-7-4-8-12-18)21-23-19(24-27-21)14-17-9-5-3-6-10-17/h3-12H,2,13-16H2,1H3,(H,22,26). The Bertz CT molecular complexity index is 836. The second-order valence-electron chi connectivity index (χ2n) is 6.35. The largest absolute Gasteiger partial charge is 0.355 e. The molecule has 1 N–H and O–H groups in total. The first-order valence-electron chi connectivity index (χ1n) is 9.16. The van der Waals surface area contributed by atoms with E-state index in [9.17, 15) is 4.79 Å². The maximum absolute atomic E-state index is 12.3. The summed E-state index contributed by atoms with van der Waals surface area (Å²) in [5.74, 6) is 0.792.